The lowest BCUT2D eigenvalue weighted by molar-refractivity contribution is 1.13. The first kappa shape index (κ1) is 9.28. The summed E-state index contributed by atoms with van der Waals surface area (Å²) in [5.74, 6) is 0. The van der Waals surface area contributed by atoms with Crippen molar-refractivity contribution in [3.8, 4) is 11.1 Å². The van der Waals surface area contributed by atoms with Crippen molar-refractivity contribution in [1.29, 1.82) is 0 Å². The van der Waals surface area contributed by atoms with E-state index in [2.05, 4.69) is 60.1 Å². The lowest BCUT2D eigenvalue weighted by atomic mass is 10.1. The lowest BCUT2D eigenvalue weighted by Gasteiger charge is -2.16. The molecule has 0 spiro atoms. The highest BCUT2D eigenvalue weighted by atomic mass is 32.1. The smallest absolute Gasteiger partial charge is 0.0440 e. The van der Waals surface area contributed by atoms with E-state index in [4.69, 9.17) is 0 Å². The lowest BCUT2D eigenvalue weighted by Crippen LogP contribution is -2.09. The van der Waals surface area contributed by atoms with E-state index in [-0.39, 0.29) is 0 Å². The van der Waals surface area contributed by atoms with Gasteiger partial charge in [0.05, 0.1) is 0 Å². The van der Waals surface area contributed by atoms with Gasteiger partial charge in [-0.3, -0.25) is 0 Å². The van der Waals surface area contributed by atoms with Crippen LogP contribution in [0, 0.1) is 0 Å². The summed E-state index contributed by atoms with van der Waals surface area (Å²) < 4.78 is 0. The molecule has 2 aromatic rings. The molecule has 0 N–H and O–H groups in total. The van der Waals surface area contributed by atoms with Crippen LogP contribution >= 0.6 is 11.3 Å². The zero-order valence-electron chi connectivity index (χ0n) is 8.40. The third kappa shape index (κ3) is 1.66. The van der Waals surface area contributed by atoms with E-state index in [0.717, 1.165) is 0 Å². The first-order chi connectivity index (χ1) is 6.79. The van der Waals surface area contributed by atoms with Crippen LogP contribution in [0.1, 0.15) is 0 Å². The van der Waals surface area contributed by atoms with Gasteiger partial charge < -0.3 is 4.90 Å². The molecule has 2 heteroatoms. The fourth-order valence-corrected chi connectivity index (χ4v) is 2.18. The van der Waals surface area contributed by atoms with Crippen LogP contribution in [0.2, 0.25) is 0 Å². The van der Waals surface area contributed by atoms with Gasteiger partial charge in [0, 0.05) is 25.3 Å². The van der Waals surface area contributed by atoms with Gasteiger partial charge >= 0.3 is 0 Å². The van der Waals surface area contributed by atoms with E-state index in [1.54, 1.807) is 11.3 Å². The summed E-state index contributed by atoms with van der Waals surface area (Å²) in [5.41, 5.74) is 3.88. The van der Waals surface area contributed by atoms with Gasteiger partial charge in [-0.05, 0) is 28.5 Å². The summed E-state index contributed by atoms with van der Waals surface area (Å²) in [6.45, 7) is 0. The molecule has 0 fully saturated rings. The van der Waals surface area contributed by atoms with Crippen LogP contribution in [0.5, 0.6) is 0 Å². The number of rotatable bonds is 2. The molecular weight excluding hydrogens is 190 g/mol. The molecule has 2 rings (SSSR count). The molecule has 0 unspecified atom stereocenters. The SMILES string of the molecule is CN(C)c1ccccc1-c1ccsc1. The van der Waals surface area contributed by atoms with E-state index >= 15 is 0 Å². The Kier molecular flexibility index (Phi) is 2.55. The van der Waals surface area contributed by atoms with E-state index in [1.807, 2.05) is 0 Å². The third-order valence-electron chi connectivity index (χ3n) is 2.22. The van der Waals surface area contributed by atoms with Gasteiger partial charge in [-0.15, -0.1) is 0 Å². The van der Waals surface area contributed by atoms with Gasteiger partial charge in [-0.2, -0.15) is 11.3 Å². The van der Waals surface area contributed by atoms with Crippen LogP contribution in [0.25, 0.3) is 11.1 Å². The summed E-state index contributed by atoms with van der Waals surface area (Å²) in [7, 11) is 4.15. The Morgan fingerprint density at radius 1 is 1.07 bits per heavy atom. The zero-order valence-corrected chi connectivity index (χ0v) is 9.21. The number of hydrogen-bond acceptors (Lipinski definition) is 2. The number of benzene rings is 1. The molecule has 1 heterocycles. The van der Waals surface area contributed by atoms with Crippen LogP contribution < -0.4 is 4.90 Å². The molecule has 0 aliphatic rings. The maximum Gasteiger partial charge on any atom is 0.0440 e. The maximum atomic E-state index is 2.18. The molecule has 0 saturated carbocycles. The van der Waals surface area contributed by atoms with Gasteiger partial charge in [0.1, 0.15) is 0 Å². The largest absolute Gasteiger partial charge is 0.377 e. The summed E-state index contributed by atoms with van der Waals surface area (Å²) in [6.07, 6.45) is 0. The Morgan fingerprint density at radius 2 is 1.86 bits per heavy atom. The highest BCUT2D eigenvalue weighted by Gasteiger charge is 2.05. The molecule has 0 aliphatic heterocycles. The van der Waals surface area contributed by atoms with Crippen LogP contribution in [0.3, 0.4) is 0 Å². The Bertz CT molecular complexity index is 404. The summed E-state index contributed by atoms with van der Waals surface area (Å²) in [4.78, 5) is 2.15. The topological polar surface area (TPSA) is 3.24 Å². The first-order valence-electron chi connectivity index (χ1n) is 4.58. The minimum absolute atomic E-state index is 1.27. The molecular formula is C12H13NS. The summed E-state index contributed by atoms with van der Waals surface area (Å²) in [6, 6.07) is 10.6. The van der Waals surface area contributed by atoms with Crippen molar-refractivity contribution in [2.45, 2.75) is 0 Å². The van der Waals surface area contributed by atoms with Crippen LogP contribution in [0.15, 0.2) is 41.1 Å². The number of nitrogens with zero attached hydrogens (tertiary/aromatic N) is 1. The molecule has 0 amide bonds. The van der Waals surface area contributed by atoms with Crippen molar-refractivity contribution in [2.24, 2.45) is 0 Å². The first-order valence-corrected chi connectivity index (χ1v) is 5.52. The average Bonchev–Trinajstić information content (AvgIpc) is 2.70. The molecule has 1 nitrogen and oxygen atoms in total. The minimum Gasteiger partial charge on any atom is -0.377 e. The Hall–Kier alpha value is -1.28. The Morgan fingerprint density at radius 3 is 2.50 bits per heavy atom. The molecule has 0 bridgehead atoms. The fourth-order valence-electron chi connectivity index (χ4n) is 1.53. The number of thiophene rings is 1. The maximum absolute atomic E-state index is 2.18. The number of hydrogen-bond donors (Lipinski definition) is 0. The third-order valence-corrected chi connectivity index (χ3v) is 2.90. The summed E-state index contributed by atoms with van der Waals surface area (Å²) >= 11 is 1.74. The van der Waals surface area contributed by atoms with E-state index in [0.29, 0.717) is 0 Å². The van der Waals surface area contributed by atoms with Crippen molar-refractivity contribution < 1.29 is 0 Å². The highest BCUT2D eigenvalue weighted by molar-refractivity contribution is 7.08. The second-order valence-electron chi connectivity index (χ2n) is 3.42. The van der Waals surface area contributed by atoms with Crippen molar-refractivity contribution in [2.75, 3.05) is 19.0 Å². The second-order valence-corrected chi connectivity index (χ2v) is 4.20. The second kappa shape index (κ2) is 3.84. The van der Waals surface area contributed by atoms with Crippen LogP contribution in [-0.4, -0.2) is 14.1 Å². The molecule has 0 atom stereocenters. The van der Waals surface area contributed by atoms with Gasteiger partial charge in [0.2, 0.25) is 0 Å². The molecule has 1 aromatic heterocycles. The van der Waals surface area contributed by atoms with E-state index < -0.39 is 0 Å². The van der Waals surface area contributed by atoms with Crippen molar-refractivity contribution in [3.05, 3.63) is 41.1 Å². The monoisotopic (exact) mass is 203 g/mol. The van der Waals surface area contributed by atoms with Gasteiger partial charge in [-0.25, -0.2) is 0 Å². The average molecular weight is 203 g/mol. The van der Waals surface area contributed by atoms with E-state index in [9.17, 15) is 0 Å². The predicted octanol–water partition coefficient (Wildman–Crippen LogP) is 3.48. The zero-order chi connectivity index (χ0) is 9.97. The Balaban J connectivity index is 2.53. The fraction of sp³-hybridized carbons (Fsp3) is 0.167. The van der Waals surface area contributed by atoms with Crippen molar-refractivity contribution >= 4 is 17.0 Å². The van der Waals surface area contributed by atoms with Gasteiger partial charge in [0.15, 0.2) is 0 Å². The van der Waals surface area contributed by atoms with Gasteiger partial charge in [0.25, 0.3) is 0 Å². The number of anilines is 1. The molecule has 0 radical (unpaired) electrons. The molecule has 0 aliphatic carbocycles. The normalized spacial score (nSPS) is 10.1. The standard InChI is InChI=1S/C12H13NS/c1-13(2)12-6-4-3-5-11(12)10-7-8-14-9-10/h3-9H,1-2H3. The van der Waals surface area contributed by atoms with E-state index in [1.165, 1.54) is 16.8 Å². The van der Waals surface area contributed by atoms with Gasteiger partial charge in [-0.1, -0.05) is 18.2 Å². The van der Waals surface area contributed by atoms with Crippen LogP contribution in [0.4, 0.5) is 5.69 Å². The molecule has 1 aromatic carbocycles. The summed E-state index contributed by atoms with van der Waals surface area (Å²) in [5, 5.41) is 4.30. The molecule has 14 heavy (non-hydrogen) atoms. The highest BCUT2D eigenvalue weighted by Crippen LogP contribution is 2.30. The number of para-hydroxylation sites is 1. The minimum atomic E-state index is 1.27. The van der Waals surface area contributed by atoms with Crippen LogP contribution in [-0.2, 0) is 0 Å². The molecule has 0 saturated heterocycles. The predicted molar refractivity (Wildman–Crippen MR) is 64.1 cm³/mol. The Labute approximate surface area is 88.6 Å². The molecule has 72 valence electrons. The van der Waals surface area contributed by atoms with Crippen molar-refractivity contribution in [1.82, 2.24) is 0 Å². The quantitative estimate of drug-likeness (QED) is 0.722. The van der Waals surface area contributed by atoms with Crippen molar-refractivity contribution in [3.63, 3.8) is 0 Å².